The monoisotopic (exact) mass is 461 g/mol. The van der Waals surface area contributed by atoms with Crippen molar-refractivity contribution in [1.29, 1.82) is 0 Å². The van der Waals surface area contributed by atoms with Gasteiger partial charge in [-0.3, -0.25) is 9.89 Å². The molecule has 0 bridgehead atoms. The van der Waals surface area contributed by atoms with Gasteiger partial charge in [0.15, 0.2) is 5.96 Å². The highest BCUT2D eigenvalue weighted by Crippen LogP contribution is 2.20. The zero-order valence-electron chi connectivity index (χ0n) is 14.7. The topological polar surface area (TPSA) is 43.8 Å². The smallest absolute Gasteiger partial charge is 0.194 e. The first-order valence-electron chi connectivity index (χ1n) is 8.46. The summed E-state index contributed by atoms with van der Waals surface area (Å²) < 4.78 is 0. The predicted molar refractivity (Wildman–Crippen MR) is 113 cm³/mol. The highest BCUT2D eigenvalue weighted by atomic mass is 127. The number of hydrogen-bond donors (Lipinski definition) is 1. The molecule has 1 aromatic heterocycles. The minimum atomic E-state index is 0. The second-order valence-electron chi connectivity index (χ2n) is 6.55. The third kappa shape index (κ3) is 4.70. The molecular weight excluding hydrogens is 433 g/mol. The van der Waals surface area contributed by atoms with Gasteiger partial charge in [-0.05, 0) is 6.42 Å². The highest BCUT2D eigenvalue weighted by molar-refractivity contribution is 14.0. The number of thiazole rings is 1. The normalized spacial score (nSPS) is 21.6. The summed E-state index contributed by atoms with van der Waals surface area (Å²) in [5, 5.41) is 6.84. The largest absolute Gasteiger partial charge is 0.351 e. The van der Waals surface area contributed by atoms with E-state index >= 15 is 0 Å². The summed E-state index contributed by atoms with van der Waals surface area (Å²) in [7, 11) is 1.87. The average Bonchev–Trinajstić information content (AvgIpc) is 3.29. The molecule has 7 heteroatoms. The summed E-state index contributed by atoms with van der Waals surface area (Å²) in [4.78, 5) is 14.1. The maximum Gasteiger partial charge on any atom is 0.194 e. The van der Waals surface area contributed by atoms with E-state index in [-0.39, 0.29) is 24.0 Å². The summed E-state index contributed by atoms with van der Waals surface area (Å²) in [6, 6.07) is 0.648. The van der Waals surface area contributed by atoms with Gasteiger partial charge in [-0.2, -0.15) is 0 Å². The number of aromatic nitrogens is 1. The maximum atomic E-state index is 4.69. The van der Waals surface area contributed by atoms with Crippen LogP contribution in [0.4, 0.5) is 0 Å². The fourth-order valence-electron chi connectivity index (χ4n) is 3.20. The molecule has 0 spiro atoms. The molecule has 0 aromatic carbocycles. The van der Waals surface area contributed by atoms with Crippen LogP contribution < -0.4 is 5.32 Å². The fraction of sp³-hybridized carbons (Fsp3) is 0.647. The Labute approximate surface area is 166 Å². The van der Waals surface area contributed by atoms with E-state index in [1.54, 1.807) is 11.3 Å². The predicted octanol–water partition coefficient (Wildman–Crippen LogP) is 2.91. The van der Waals surface area contributed by atoms with Crippen LogP contribution in [0.25, 0.3) is 0 Å². The Bertz CT molecular complexity index is 575. The van der Waals surface area contributed by atoms with Gasteiger partial charge >= 0.3 is 0 Å². The van der Waals surface area contributed by atoms with Crippen LogP contribution in [0.15, 0.2) is 22.5 Å². The molecule has 1 unspecified atom stereocenters. The zero-order valence-corrected chi connectivity index (χ0v) is 17.9. The van der Waals surface area contributed by atoms with E-state index in [1.165, 1.54) is 11.4 Å². The van der Waals surface area contributed by atoms with Crippen LogP contribution in [0.2, 0.25) is 0 Å². The lowest BCUT2D eigenvalue weighted by Gasteiger charge is -2.25. The lowest BCUT2D eigenvalue weighted by atomic mass is 10.2. The molecule has 5 nitrogen and oxygen atoms in total. The molecule has 1 saturated heterocycles. The van der Waals surface area contributed by atoms with Crippen LogP contribution in [0, 0.1) is 0 Å². The first kappa shape index (κ1) is 19.7. The minimum Gasteiger partial charge on any atom is -0.351 e. The van der Waals surface area contributed by atoms with Crippen molar-refractivity contribution in [3.8, 4) is 0 Å². The van der Waals surface area contributed by atoms with Gasteiger partial charge in [-0.25, -0.2) is 4.98 Å². The van der Waals surface area contributed by atoms with E-state index in [2.05, 4.69) is 56.5 Å². The Hall–Kier alpha value is -0.670. The van der Waals surface area contributed by atoms with E-state index < -0.39 is 0 Å². The molecule has 3 rings (SSSR count). The fourth-order valence-corrected chi connectivity index (χ4v) is 4.03. The molecule has 2 aliphatic heterocycles. The van der Waals surface area contributed by atoms with Crippen LogP contribution in [0.3, 0.4) is 0 Å². The van der Waals surface area contributed by atoms with Crippen molar-refractivity contribution >= 4 is 41.3 Å². The second-order valence-corrected chi connectivity index (χ2v) is 7.44. The number of guanidine groups is 1. The number of aliphatic imine (C=N–C) groups is 1. The molecule has 0 amide bonds. The standard InChI is InChI=1S/C17H27N5S.HI/c1-13(2)16-20-14(12-23-16)10-19-17(18-3)22-9-6-15(11-22)21-7-4-5-8-21;/h4-5,12-13,15H,6-11H2,1-3H3,(H,18,19);1H. The summed E-state index contributed by atoms with van der Waals surface area (Å²) in [6.45, 7) is 9.47. The van der Waals surface area contributed by atoms with Crippen molar-refractivity contribution in [1.82, 2.24) is 20.1 Å². The van der Waals surface area contributed by atoms with E-state index in [0.717, 1.165) is 44.4 Å². The van der Waals surface area contributed by atoms with E-state index in [4.69, 9.17) is 0 Å². The van der Waals surface area contributed by atoms with Gasteiger partial charge in [-0.1, -0.05) is 26.0 Å². The minimum absolute atomic E-state index is 0. The molecule has 1 aromatic rings. The maximum absolute atomic E-state index is 4.69. The van der Waals surface area contributed by atoms with Gasteiger partial charge in [0.2, 0.25) is 0 Å². The molecule has 1 N–H and O–H groups in total. The van der Waals surface area contributed by atoms with Crippen molar-refractivity contribution in [3.05, 3.63) is 28.2 Å². The number of likely N-dealkylation sites (tertiary alicyclic amines) is 1. The number of nitrogens with one attached hydrogen (secondary N) is 1. The lowest BCUT2D eigenvalue weighted by molar-refractivity contribution is 0.259. The number of halogens is 1. The molecule has 0 radical (unpaired) electrons. The summed E-state index contributed by atoms with van der Waals surface area (Å²) in [5.74, 6) is 1.50. The SMILES string of the molecule is CN=C(NCc1csc(C(C)C)n1)N1CCC(N2CC=CC2)C1.I. The first-order valence-corrected chi connectivity index (χ1v) is 9.34. The lowest BCUT2D eigenvalue weighted by Crippen LogP contribution is -2.42. The number of rotatable bonds is 4. The summed E-state index contributed by atoms with van der Waals surface area (Å²) >= 11 is 1.75. The summed E-state index contributed by atoms with van der Waals surface area (Å²) in [5.41, 5.74) is 1.11. The first-order chi connectivity index (χ1) is 11.2. The molecular formula is C17H28IN5S. The van der Waals surface area contributed by atoms with Crippen molar-refractivity contribution in [2.24, 2.45) is 4.99 Å². The third-order valence-electron chi connectivity index (χ3n) is 4.53. The Morgan fingerprint density at radius 2 is 2.17 bits per heavy atom. The Balaban J connectivity index is 0.00000208. The molecule has 134 valence electrons. The van der Waals surface area contributed by atoms with Crippen molar-refractivity contribution in [2.45, 2.75) is 38.8 Å². The van der Waals surface area contributed by atoms with Gasteiger partial charge in [0.25, 0.3) is 0 Å². The summed E-state index contributed by atoms with van der Waals surface area (Å²) in [6.07, 6.45) is 5.76. The highest BCUT2D eigenvalue weighted by Gasteiger charge is 2.29. The van der Waals surface area contributed by atoms with Crippen LogP contribution in [-0.4, -0.2) is 60.0 Å². The molecule has 24 heavy (non-hydrogen) atoms. The number of hydrogen-bond acceptors (Lipinski definition) is 4. The van der Waals surface area contributed by atoms with Gasteiger partial charge < -0.3 is 10.2 Å². The van der Waals surface area contributed by atoms with Crippen molar-refractivity contribution < 1.29 is 0 Å². The van der Waals surface area contributed by atoms with Crippen molar-refractivity contribution in [3.63, 3.8) is 0 Å². The zero-order chi connectivity index (χ0) is 16.2. The van der Waals surface area contributed by atoms with Crippen LogP contribution in [0.1, 0.15) is 36.9 Å². The Morgan fingerprint density at radius 1 is 1.42 bits per heavy atom. The van der Waals surface area contributed by atoms with Crippen LogP contribution in [0.5, 0.6) is 0 Å². The van der Waals surface area contributed by atoms with Crippen LogP contribution >= 0.6 is 35.3 Å². The van der Waals surface area contributed by atoms with Crippen molar-refractivity contribution in [2.75, 3.05) is 33.2 Å². The van der Waals surface area contributed by atoms with Gasteiger partial charge in [0.1, 0.15) is 0 Å². The van der Waals surface area contributed by atoms with Gasteiger partial charge in [0.05, 0.1) is 17.2 Å². The Morgan fingerprint density at radius 3 is 2.79 bits per heavy atom. The van der Waals surface area contributed by atoms with Gasteiger partial charge in [0, 0.05) is 50.6 Å². The molecule has 1 fully saturated rings. The molecule has 3 heterocycles. The molecule has 0 aliphatic carbocycles. The quantitative estimate of drug-likeness (QED) is 0.324. The Kier molecular flexibility index (Phi) is 7.49. The molecule has 1 atom stereocenters. The van der Waals surface area contributed by atoms with Gasteiger partial charge in [-0.15, -0.1) is 35.3 Å². The number of nitrogens with zero attached hydrogens (tertiary/aromatic N) is 4. The van der Waals surface area contributed by atoms with E-state index in [0.29, 0.717) is 12.0 Å². The molecule has 0 saturated carbocycles. The van der Waals surface area contributed by atoms with E-state index in [9.17, 15) is 0 Å². The van der Waals surface area contributed by atoms with E-state index in [1.807, 2.05) is 7.05 Å². The third-order valence-corrected chi connectivity index (χ3v) is 5.72. The second kappa shape index (κ2) is 9.15. The van der Waals surface area contributed by atoms with Crippen LogP contribution in [-0.2, 0) is 6.54 Å². The average molecular weight is 461 g/mol. The molecule has 2 aliphatic rings.